The topological polar surface area (TPSA) is 3.24 Å². The molecule has 1 nitrogen and oxygen atoms in total. The van der Waals surface area contributed by atoms with E-state index in [1.54, 1.807) is 0 Å². The molecule has 10 rings (SSSR count). The number of hydrogen-bond donors (Lipinski definition) is 0. The maximum Gasteiger partial charge on any atom is 0.0540 e. The van der Waals surface area contributed by atoms with Gasteiger partial charge in [-0.3, -0.25) is 0 Å². The summed E-state index contributed by atoms with van der Waals surface area (Å²) in [6.45, 7) is 0. The zero-order chi connectivity index (χ0) is 34.4. The first kappa shape index (κ1) is 30.4. The Labute approximate surface area is 307 Å². The van der Waals surface area contributed by atoms with Gasteiger partial charge in [-0.25, -0.2) is 0 Å². The number of para-hydroxylation sites is 1. The lowest BCUT2D eigenvalue weighted by Crippen LogP contribution is -2.11. The third-order valence-electron chi connectivity index (χ3n) is 10.3. The zero-order valence-corrected chi connectivity index (χ0v) is 29.2. The Bertz CT molecular complexity index is 2890. The summed E-state index contributed by atoms with van der Waals surface area (Å²) in [6.07, 6.45) is 0. The normalized spacial score (nSPS) is 11.5. The lowest BCUT2D eigenvalue weighted by Gasteiger charge is -2.28. The lowest BCUT2D eigenvalue weighted by atomic mass is 9.95. The van der Waals surface area contributed by atoms with Crippen molar-refractivity contribution in [2.24, 2.45) is 0 Å². The molecule has 0 aliphatic rings. The van der Waals surface area contributed by atoms with Crippen molar-refractivity contribution < 1.29 is 0 Å². The maximum absolute atomic E-state index is 2.41. The quantitative estimate of drug-likeness (QED) is 0.169. The van der Waals surface area contributed by atoms with E-state index in [0.29, 0.717) is 0 Å². The van der Waals surface area contributed by atoms with Crippen molar-refractivity contribution in [1.29, 1.82) is 0 Å². The highest BCUT2D eigenvalue weighted by molar-refractivity contribution is 7.26. The van der Waals surface area contributed by atoms with Crippen LogP contribution in [0.3, 0.4) is 0 Å². The first-order valence-corrected chi connectivity index (χ1v) is 18.6. The second-order valence-electron chi connectivity index (χ2n) is 13.3. The average molecular weight is 680 g/mol. The molecule has 0 radical (unpaired) electrons. The monoisotopic (exact) mass is 679 g/mol. The van der Waals surface area contributed by atoms with E-state index in [4.69, 9.17) is 0 Å². The van der Waals surface area contributed by atoms with Gasteiger partial charge in [0.05, 0.1) is 5.69 Å². The Morgan fingerprint density at radius 2 is 0.769 bits per heavy atom. The fourth-order valence-corrected chi connectivity index (χ4v) is 9.05. The molecular formula is C50H33NS. The Morgan fingerprint density at radius 3 is 1.48 bits per heavy atom. The molecule has 0 fully saturated rings. The van der Waals surface area contributed by atoms with Gasteiger partial charge >= 0.3 is 0 Å². The summed E-state index contributed by atoms with van der Waals surface area (Å²) >= 11 is 1.88. The molecular weight excluding hydrogens is 647 g/mol. The molecule has 0 spiro atoms. The van der Waals surface area contributed by atoms with Crippen molar-refractivity contribution in [2.75, 3.05) is 4.90 Å². The van der Waals surface area contributed by atoms with Crippen LogP contribution in [0.25, 0.3) is 75.1 Å². The number of hydrogen-bond acceptors (Lipinski definition) is 2. The molecule has 0 aliphatic heterocycles. The van der Waals surface area contributed by atoms with Crippen LogP contribution >= 0.6 is 11.3 Å². The Morgan fingerprint density at radius 1 is 0.308 bits per heavy atom. The van der Waals surface area contributed by atoms with Crippen molar-refractivity contribution >= 4 is 70.1 Å². The first-order chi connectivity index (χ1) is 25.8. The average Bonchev–Trinajstić information content (AvgIpc) is 3.60. The lowest BCUT2D eigenvalue weighted by molar-refractivity contribution is 1.28. The van der Waals surface area contributed by atoms with Gasteiger partial charge in [0, 0.05) is 37.1 Å². The summed E-state index contributed by atoms with van der Waals surface area (Å²) < 4.78 is 2.66. The maximum atomic E-state index is 2.41. The summed E-state index contributed by atoms with van der Waals surface area (Å²) in [4.78, 5) is 2.41. The van der Waals surface area contributed by atoms with Gasteiger partial charge in [-0.15, -0.1) is 11.3 Å². The molecule has 2 heteroatoms. The van der Waals surface area contributed by atoms with Crippen molar-refractivity contribution in [3.8, 4) is 33.4 Å². The van der Waals surface area contributed by atoms with Gasteiger partial charge in [0.1, 0.15) is 0 Å². The fourth-order valence-electron chi connectivity index (χ4n) is 7.82. The summed E-state index contributed by atoms with van der Waals surface area (Å²) in [5.74, 6) is 0. The molecule has 0 saturated carbocycles. The predicted molar refractivity (Wildman–Crippen MR) is 225 cm³/mol. The van der Waals surface area contributed by atoms with Gasteiger partial charge in [0.2, 0.25) is 0 Å². The largest absolute Gasteiger partial charge is 0.310 e. The number of fused-ring (bicyclic) bond motifs is 5. The van der Waals surface area contributed by atoms with Crippen LogP contribution in [-0.2, 0) is 0 Å². The SMILES string of the molecule is c1ccc(N(c2ccc(-c3cccc4ccccc34)cc2)c2ccc(-c3cccc4c3sc3ccccc34)cc2)c(-c2cccc3ccccc23)c1. The molecule has 0 atom stereocenters. The second kappa shape index (κ2) is 12.7. The highest BCUT2D eigenvalue weighted by Crippen LogP contribution is 2.45. The van der Waals surface area contributed by atoms with Gasteiger partial charge in [0.15, 0.2) is 0 Å². The minimum Gasteiger partial charge on any atom is -0.310 e. The molecule has 0 aliphatic carbocycles. The molecule has 0 unspecified atom stereocenters. The molecule has 244 valence electrons. The molecule has 0 N–H and O–H groups in total. The highest BCUT2D eigenvalue weighted by atomic mass is 32.1. The minimum absolute atomic E-state index is 1.11. The Hall–Kier alpha value is -6.48. The van der Waals surface area contributed by atoms with E-state index in [-0.39, 0.29) is 0 Å². The summed E-state index contributed by atoms with van der Waals surface area (Å²) in [5, 5.41) is 7.64. The summed E-state index contributed by atoms with van der Waals surface area (Å²) in [6, 6.07) is 72.9. The van der Waals surface area contributed by atoms with Crippen molar-refractivity contribution in [2.45, 2.75) is 0 Å². The number of benzene rings is 9. The molecule has 1 aromatic heterocycles. The fraction of sp³-hybridized carbons (Fsp3) is 0. The van der Waals surface area contributed by atoms with Crippen LogP contribution in [-0.4, -0.2) is 0 Å². The van der Waals surface area contributed by atoms with Gasteiger partial charge in [-0.05, 0) is 85.8 Å². The molecule has 52 heavy (non-hydrogen) atoms. The van der Waals surface area contributed by atoms with E-state index in [1.165, 1.54) is 75.1 Å². The minimum atomic E-state index is 1.11. The summed E-state index contributed by atoms with van der Waals surface area (Å²) in [7, 11) is 0. The molecule has 0 saturated heterocycles. The molecule has 9 aromatic carbocycles. The van der Waals surface area contributed by atoms with E-state index in [2.05, 4.69) is 205 Å². The van der Waals surface area contributed by atoms with E-state index in [0.717, 1.165) is 17.1 Å². The molecule has 0 amide bonds. The third-order valence-corrected chi connectivity index (χ3v) is 11.5. The Balaban J connectivity index is 1.13. The Kier molecular flexibility index (Phi) is 7.41. The van der Waals surface area contributed by atoms with Crippen molar-refractivity contribution in [3.05, 3.63) is 200 Å². The van der Waals surface area contributed by atoms with E-state index >= 15 is 0 Å². The molecule has 10 aromatic rings. The van der Waals surface area contributed by atoms with Crippen LogP contribution in [0.4, 0.5) is 17.1 Å². The van der Waals surface area contributed by atoms with Crippen molar-refractivity contribution in [3.63, 3.8) is 0 Å². The number of nitrogens with zero attached hydrogens (tertiary/aromatic N) is 1. The van der Waals surface area contributed by atoms with Gasteiger partial charge < -0.3 is 4.90 Å². The number of rotatable bonds is 6. The van der Waals surface area contributed by atoms with Gasteiger partial charge in [-0.2, -0.15) is 0 Å². The molecule has 1 heterocycles. The predicted octanol–water partition coefficient (Wildman–Crippen LogP) is 14.8. The summed E-state index contributed by atoms with van der Waals surface area (Å²) in [5.41, 5.74) is 10.7. The van der Waals surface area contributed by atoms with Crippen LogP contribution in [0, 0.1) is 0 Å². The standard InChI is InChI=1S/C50H33NS/c1-3-16-40-34(12-1)14-9-20-41(40)36-26-30-38(31-27-36)51(48-24-7-5-18-45(48)44-22-10-15-35-13-2-4-17-42(35)44)39-32-28-37(29-33-39)43-21-11-23-47-46-19-6-8-25-49(46)52-50(43)47/h1-33H. The zero-order valence-electron chi connectivity index (χ0n) is 28.4. The molecule has 0 bridgehead atoms. The first-order valence-electron chi connectivity index (χ1n) is 17.8. The van der Waals surface area contributed by atoms with E-state index in [9.17, 15) is 0 Å². The van der Waals surface area contributed by atoms with Gasteiger partial charge in [0.25, 0.3) is 0 Å². The van der Waals surface area contributed by atoms with Crippen LogP contribution in [0.5, 0.6) is 0 Å². The van der Waals surface area contributed by atoms with E-state index < -0.39 is 0 Å². The van der Waals surface area contributed by atoms with Crippen LogP contribution in [0.15, 0.2) is 200 Å². The number of anilines is 3. The van der Waals surface area contributed by atoms with E-state index in [1.807, 2.05) is 11.3 Å². The van der Waals surface area contributed by atoms with Crippen LogP contribution in [0.1, 0.15) is 0 Å². The third kappa shape index (κ3) is 5.16. The number of thiophene rings is 1. The van der Waals surface area contributed by atoms with Gasteiger partial charge in [-0.1, -0.05) is 164 Å². The van der Waals surface area contributed by atoms with Crippen LogP contribution in [0.2, 0.25) is 0 Å². The van der Waals surface area contributed by atoms with Crippen LogP contribution < -0.4 is 4.90 Å². The highest BCUT2D eigenvalue weighted by Gasteiger charge is 2.19. The second-order valence-corrected chi connectivity index (χ2v) is 14.3. The van der Waals surface area contributed by atoms with Crippen molar-refractivity contribution in [1.82, 2.24) is 0 Å². The smallest absolute Gasteiger partial charge is 0.0540 e.